The van der Waals surface area contributed by atoms with Crippen LogP contribution >= 0.6 is 0 Å². The number of unbranched alkanes of at least 4 members (excludes halogenated alkanes) is 33. The Hall–Kier alpha value is -3.15. The molecule has 0 rings (SSSR count). The summed E-state index contributed by atoms with van der Waals surface area (Å²) in [5.74, 6) is -0.916. The molecule has 0 saturated heterocycles. The number of ether oxygens (including phenoxy) is 3. The summed E-state index contributed by atoms with van der Waals surface area (Å²) >= 11 is 0. The van der Waals surface area contributed by atoms with Crippen LogP contribution in [0.15, 0.2) is 72.9 Å². The van der Waals surface area contributed by atoms with Gasteiger partial charge in [-0.25, -0.2) is 0 Å². The lowest BCUT2D eigenvalue weighted by Crippen LogP contribution is -2.30. The van der Waals surface area contributed by atoms with Crippen LogP contribution in [0.1, 0.15) is 310 Å². The van der Waals surface area contributed by atoms with E-state index in [2.05, 4.69) is 93.7 Å². The van der Waals surface area contributed by atoms with E-state index in [0.717, 1.165) is 96.3 Å². The summed E-state index contributed by atoms with van der Waals surface area (Å²) in [6.07, 6.45) is 77.6. The van der Waals surface area contributed by atoms with Crippen LogP contribution < -0.4 is 0 Å². The first-order valence-corrected chi connectivity index (χ1v) is 30.9. The summed E-state index contributed by atoms with van der Waals surface area (Å²) in [4.78, 5) is 38.2. The predicted molar refractivity (Wildman–Crippen MR) is 311 cm³/mol. The zero-order valence-corrected chi connectivity index (χ0v) is 47.7. The molecule has 0 aromatic heterocycles. The average Bonchev–Trinajstić information content (AvgIpc) is 3.38. The molecule has 0 N–H and O–H groups in total. The summed E-state index contributed by atoms with van der Waals surface area (Å²) in [5.41, 5.74) is 0. The van der Waals surface area contributed by atoms with Crippen LogP contribution in [0.5, 0.6) is 0 Å². The number of carbonyl (C=O) groups is 3. The Balaban J connectivity index is 4.33. The molecular formula is C66H116O6. The third-order valence-electron chi connectivity index (χ3n) is 13.4. The van der Waals surface area contributed by atoms with Crippen molar-refractivity contribution in [2.24, 2.45) is 0 Å². The van der Waals surface area contributed by atoms with Crippen molar-refractivity contribution in [2.75, 3.05) is 13.2 Å². The summed E-state index contributed by atoms with van der Waals surface area (Å²) in [5, 5.41) is 0. The van der Waals surface area contributed by atoms with E-state index < -0.39 is 6.10 Å². The standard InChI is InChI=1S/C66H116O6/c1-4-7-10-13-16-19-22-25-27-29-31-32-33-34-35-37-38-41-44-47-50-53-56-59-65(68)71-62-63(61-70-64(67)58-55-52-49-46-43-40-24-21-18-15-12-9-6-3)72-66(69)60-57-54-51-48-45-42-39-36-30-28-26-23-20-17-14-11-8-5-2/h9,12,18,20-21,23,28-31,40,43,63H,4-8,10-11,13-17,19,22,24-27,32-39,41-42,44-62H2,1-3H3/b12-9-,21-18-,23-20-,30-28-,31-29-,43-40-. The molecule has 0 aliphatic carbocycles. The van der Waals surface area contributed by atoms with Crippen LogP contribution in [-0.4, -0.2) is 37.2 Å². The van der Waals surface area contributed by atoms with Gasteiger partial charge in [-0.1, -0.05) is 254 Å². The van der Waals surface area contributed by atoms with Crippen molar-refractivity contribution in [3.63, 3.8) is 0 Å². The van der Waals surface area contributed by atoms with Crippen LogP contribution in [0.25, 0.3) is 0 Å². The van der Waals surface area contributed by atoms with E-state index in [1.165, 1.54) is 173 Å². The lowest BCUT2D eigenvalue weighted by molar-refractivity contribution is -0.167. The first-order valence-electron chi connectivity index (χ1n) is 30.9. The predicted octanol–water partition coefficient (Wildman–Crippen LogP) is 20.9. The smallest absolute Gasteiger partial charge is 0.306 e. The summed E-state index contributed by atoms with van der Waals surface area (Å²) in [7, 11) is 0. The second kappa shape index (κ2) is 60.4. The Morgan fingerprint density at radius 3 is 0.889 bits per heavy atom. The van der Waals surface area contributed by atoms with E-state index in [4.69, 9.17) is 14.2 Å². The summed E-state index contributed by atoms with van der Waals surface area (Å²) < 4.78 is 16.9. The second-order valence-electron chi connectivity index (χ2n) is 20.6. The van der Waals surface area contributed by atoms with Crippen molar-refractivity contribution in [1.82, 2.24) is 0 Å². The van der Waals surface area contributed by atoms with E-state index in [-0.39, 0.29) is 31.1 Å². The van der Waals surface area contributed by atoms with Gasteiger partial charge in [-0.15, -0.1) is 0 Å². The van der Waals surface area contributed by atoms with E-state index in [9.17, 15) is 14.4 Å². The van der Waals surface area contributed by atoms with Gasteiger partial charge in [-0.3, -0.25) is 14.4 Å². The lowest BCUT2D eigenvalue weighted by Gasteiger charge is -2.18. The zero-order valence-electron chi connectivity index (χ0n) is 47.7. The van der Waals surface area contributed by atoms with Crippen molar-refractivity contribution in [2.45, 2.75) is 316 Å². The summed E-state index contributed by atoms with van der Waals surface area (Å²) in [6, 6.07) is 0. The highest BCUT2D eigenvalue weighted by Gasteiger charge is 2.19. The van der Waals surface area contributed by atoms with Crippen LogP contribution in [0, 0.1) is 0 Å². The molecular weight excluding hydrogens is 889 g/mol. The highest BCUT2D eigenvalue weighted by atomic mass is 16.6. The Labute approximate surface area is 446 Å². The number of rotatable bonds is 56. The molecule has 0 saturated carbocycles. The van der Waals surface area contributed by atoms with Crippen molar-refractivity contribution >= 4 is 17.9 Å². The van der Waals surface area contributed by atoms with Crippen molar-refractivity contribution < 1.29 is 28.6 Å². The van der Waals surface area contributed by atoms with Gasteiger partial charge >= 0.3 is 17.9 Å². The van der Waals surface area contributed by atoms with Gasteiger partial charge in [0.2, 0.25) is 0 Å². The van der Waals surface area contributed by atoms with Crippen LogP contribution in [0.2, 0.25) is 0 Å². The molecule has 416 valence electrons. The minimum atomic E-state index is -0.793. The average molecular weight is 1010 g/mol. The molecule has 0 aliphatic heterocycles. The fraction of sp³-hybridized carbons (Fsp3) is 0.773. The molecule has 0 radical (unpaired) electrons. The Morgan fingerprint density at radius 1 is 0.292 bits per heavy atom. The van der Waals surface area contributed by atoms with Gasteiger partial charge < -0.3 is 14.2 Å². The number of allylic oxidation sites excluding steroid dienone is 12. The van der Waals surface area contributed by atoms with E-state index in [1.54, 1.807) is 0 Å². The van der Waals surface area contributed by atoms with Gasteiger partial charge in [0, 0.05) is 19.3 Å². The van der Waals surface area contributed by atoms with E-state index in [1.807, 2.05) is 0 Å². The molecule has 0 aromatic carbocycles. The molecule has 0 heterocycles. The highest BCUT2D eigenvalue weighted by Crippen LogP contribution is 2.16. The minimum absolute atomic E-state index is 0.0874. The fourth-order valence-electron chi connectivity index (χ4n) is 8.78. The third kappa shape index (κ3) is 57.7. The second-order valence-corrected chi connectivity index (χ2v) is 20.6. The maximum atomic E-state index is 12.9. The minimum Gasteiger partial charge on any atom is -0.462 e. The third-order valence-corrected chi connectivity index (χ3v) is 13.4. The van der Waals surface area contributed by atoms with E-state index >= 15 is 0 Å². The first kappa shape index (κ1) is 68.8. The number of carbonyl (C=O) groups excluding carboxylic acids is 3. The quantitative estimate of drug-likeness (QED) is 0.0261. The molecule has 0 aliphatic rings. The van der Waals surface area contributed by atoms with Crippen molar-refractivity contribution in [1.29, 1.82) is 0 Å². The van der Waals surface area contributed by atoms with Gasteiger partial charge in [0.1, 0.15) is 13.2 Å². The highest BCUT2D eigenvalue weighted by molar-refractivity contribution is 5.71. The molecule has 0 fully saturated rings. The van der Waals surface area contributed by atoms with Gasteiger partial charge in [0.25, 0.3) is 0 Å². The first-order chi connectivity index (χ1) is 35.5. The topological polar surface area (TPSA) is 78.9 Å². The largest absolute Gasteiger partial charge is 0.462 e. The monoisotopic (exact) mass is 1000 g/mol. The Bertz CT molecular complexity index is 1340. The Morgan fingerprint density at radius 2 is 0.542 bits per heavy atom. The zero-order chi connectivity index (χ0) is 52.2. The molecule has 0 spiro atoms. The molecule has 6 heteroatoms. The normalized spacial score (nSPS) is 12.5. The maximum Gasteiger partial charge on any atom is 0.306 e. The Kier molecular flexibility index (Phi) is 57.8. The lowest BCUT2D eigenvalue weighted by atomic mass is 10.0. The molecule has 0 aromatic rings. The molecule has 72 heavy (non-hydrogen) atoms. The number of hydrogen-bond acceptors (Lipinski definition) is 6. The van der Waals surface area contributed by atoms with Crippen molar-refractivity contribution in [3.8, 4) is 0 Å². The van der Waals surface area contributed by atoms with Gasteiger partial charge in [-0.05, 0) is 109 Å². The number of esters is 3. The van der Waals surface area contributed by atoms with Crippen LogP contribution in [0.4, 0.5) is 0 Å². The van der Waals surface area contributed by atoms with E-state index in [0.29, 0.717) is 19.3 Å². The summed E-state index contributed by atoms with van der Waals surface area (Å²) in [6.45, 7) is 6.51. The molecule has 1 unspecified atom stereocenters. The molecule has 1 atom stereocenters. The fourth-order valence-corrected chi connectivity index (χ4v) is 8.78. The SMILES string of the molecule is CC/C=C\C/C=C\C/C=C\CCCCCC(=O)OCC(COC(=O)CCCCCCCCCCCCC/C=C\CCCCCCCCCC)OC(=O)CCCCCCCCC/C=C\C/C=C\CCCCCC. The van der Waals surface area contributed by atoms with Gasteiger partial charge in [0.05, 0.1) is 0 Å². The number of hydrogen-bond donors (Lipinski definition) is 0. The van der Waals surface area contributed by atoms with Crippen LogP contribution in [0.3, 0.4) is 0 Å². The molecule has 0 bridgehead atoms. The molecule has 0 amide bonds. The van der Waals surface area contributed by atoms with Gasteiger partial charge in [-0.2, -0.15) is 0 Å². The maximum absolute atomic E-state index is 12.9. The van der Waals surface area contributed by atoms with Crippen LogP contribution in [-0.2, 0) is 28.6 Å². The van der Waals surface area contributed by atoms with Gasteiger partial charge in [0.15, 0.2) is 6.10 Å². The van der Waals surface area contributed by atoms with Crippen molar-refractivity contribution in [3.05, 3.63) is 72.9 Å². The molecule has 6 nitrogen and oxygen atoms in total.